The van der Waals surface area contributed by atoms with Crippen LogP contribution in [-0.4, -0.2) is 42.1 Å². The summed E-state index contributed by atoms with van der Waals surface area (Å²) in [6.45, 7) is 4.85. The molecule has 2 heterocycles. The lowest BCUT2D eigenvalue weighted by atomic mass is 9.96. The van der Waals surface area contributed by atoms with Gasteiger partial charge in [-0.05, 0) is 24.5 Å². The molecular formula is C14H21N3O2. The quantitative estimate of drug-likeness (QED) is 0.825. The van der Waals surface area contributed by atoms with Crippen LogP contribution >= 0.6 is 0 Å². The highest BCUT2D eigenvalue weighted by molar-refractivity contribution is 5.87. The number of aromatic nitrogens is 1. The maximum Gasteiger partial charge on any atom is 0.356 e. The normalized spacial score (nSPS) is 24.2. The SMILES string of the molecule is COC(=O)c1cccc(CN2CC(C)CC(N)C2)n1. The molecule has 5 nitrogen and oxygen atoms in total. The maximum absolute atomic E-state index is 11.4. The molecule has 1 aliphatic heterocycles. The smallest absolute Gasteiger partial charge is 0.356 e. The molecule has 1 fully saturated rings. The summed E-state index contributed by atoms with van der Waals surface area (Å²) < 4.78 is 4.68. The van der Waals surface area contributed by atoms with Crippen LogP contribution in [0.4, 0.5) is 0 Å². The highest BCUT2D eigenvalue weighted by Crippen LogP contribution is 2.17. The molecule has 1 saturated heterocycles. The molecule has 0 amide bonds. The van der Waals surface area contributed by atoms with Crippen LogP contribution in [0.3, 0.4) is 0 Å². The molecule has 0 aromatic carbocycles. The van der Waals surface area contributed by atoms with Crippen molar-refractivity contribution in [2.75, 3.05) is 20.2 Å². The zero-order valence-electron chi connectivity index (χ0n) is 11.5. The van der Waals surface area contributed by atoms with Gasteiger partial charge >= 0.3 is 5.97 Å². The van der Waals surface area contributed by atoms with Gasteiger partial charge < -0.3 is 10.5 Å². The Morgan fingerprint density at radius 2 is 2.32 bits per heavy atom. The van der Waals surface area contributed by atoms with Gasteiger partial charge in [0, 0.05) is 25.7 Å². The molecule has 1 aromatic heterocycles. The number of hydrogen-bond donors (Lipinski definition) is 1. The fourth-order valence-electron chi connectivity index (χ4n) is 2.66. The van der Waals surface area contributed by atoms with Crippen molar-refractivity contribution in [3.05, 3.63) is 29.6 Å². The van der Waals surface area contributed by atoms with E-state index in [2.05, 4.69) is 21.5 Å². The Bertz CT molecular complexity index is 440. The van der Waals surface area contributed by atoms with Crippen molar-refractivity contribution in [1.29, 1.82) is 0 Å². The van der Waals surface area contributed by atoms with E-state index in [1.165, 1.54) is 7.11 Å². The largest absolute Gasteiger partial charge is 0.464 e. The lowest BCUT2D eigenvalue weighted by Gasteiger charge is -2.34. The average Bonchev–Trinajstić information content (AvgIpc) is 2.37. The number of rotatable bonds is 3. The standard InChI is InChI=1S/C14H21N3O2/c1-10-6-11(15)8-17(7-10)9-12-4-3-5-13(16-12)14(18)19-2/h3-5,10-11H,6-9,15H2,1-2H3. The number of nitrogens with zero attached hydrogens (tertiary/aromatic N) is 2. The van der Waals surface area contributed by atoms with Gasteiger partial charge in [-0.2, -0.15) is 0 Å². The number of carbonyl (C=O) groups is 1. The molecule has 0 radical (unpaired) electrons. The number of methoxy groups -OCH3 is 1. The molecule has 2 rings (SSSR count). The lowest BCUT2D eigenvalue weighted by Crippen LogP contribution is -2.45. The molecule has 0 spiro atoms. The summed E-state index contributed by atoms with van der Waals surface area (Å²) in [6.07, 6.45) is 1.08. The van der Waals surface area contributed by atoms with E-state index in [4.69, 9.17) is 5.73 Å². The van der Waals surface area contributed by atoms with E-state index in [9.17, 15) is 4.79 Å². The molecule has 19 heavy (non-hydrogen) atoms. The van der Waals surface area contributed by atoms with Gasteiger partial charge in [-0.15, -0.1) is 0 Å². The second kappa shape index (κ2) is 6.12. The van der Waals surface area contributed by atoms with Crippen molar-refractivity contribution in [3.8, 4) is 0 Å². The molecule has 2 atom stereocenters. The number of nitrogens with two attached hydrogens (primary N) is 1. The third-order valence-electron chi connectivity index (χ3n) is 3.35. The number of piperidine rings is 1. The predicted molar refractivity (Wildman–Crippen MR) is 72.6 cm³/mol. The van der Waals surface area contributed by atoms with E-state index >= 15 is 0 Å². The van der Waals surface area contributed by atoms with Crippen LogP contribution in [0.5, 0.6) is 0 Å². The van der Waals surface area contributed by atoms with Gasteiger partial charge in [0.1, 0.15) is 5.69 Å². The fourth-order valence-corrected chi connectivity index (χ4v) is 2.66. The molecule has 0 bridgehead atoms. The first kappa shape index (κ1) is 14.0. The Labute approximate surface area is 113 Å². The molecule has 2 unspecified atom stereocenters. The van der Waals surface area contributed by atoms with Gasteiger partial charge in [0.15, 0.2) is 0 Å². The number of carbonyl (C=O) groups excluding carboxylic acids is 1. The molecule has 1 aliphatic rings. The van der Waals surface area contributed by atoms with Crippen molar-refractivity contribution in [3.63, 3.8) is 0 Å². The van der Waals surface area contributed by atoms with Crippen LogP contribution in [0.2, 0.25) is 0 Å². The molecule has 1 aromatic rings. The third-order valence-corrected chi connectivity index (χ3v) is 3.35. The minimum absolute atomic E-state index is 0.229. The monoisotopic (exact) mass is 263 g/mol. The molecule has 2 N–H and O–H groups in total. The van der Waals surface area contributed by atoms with E-state index in [1.807, 2.05) is 12.1 Å². The van der Waals surface area contributed by atoms with Gasteiger partial charge in [0.05, 0.1) is 12.8 Å². The van der Waals surface area contributed by atoms with Crippen LogP contribution in [0.25, 0.3) is 0 Å². The summed E-state index contributed by atoms with van der Waals surface area (Å²) in [5, 5.41) is 0. The molecule has 104 valence electrons. The van der Waals surface area contributed by atoms with E-state index < -0.39 is 5.97 Å². The minimum Gasteiger partial charge on any atom is -0.464 e. The van der Waals surface area contributed by atoms with E-state index in [1.54, 1.807) is 6.07 Å². The van der Waals surface area contributed by atoms with E-state index in [-0.39, 0.29) is 6.04 Å². The first-order valence-corrected chi connectivity index (χ1v) is 6.60. The van der Waals surface area contributed by atoms with Gasteiger partial charge in [-0.3, -0.25) is 4.90 Å². The van der Waals surface area contributed by atoms with Gasteiger partial charge in [-0.25, -0.2) is 9.78 Å². The number of esters is 1. The second-order valence-corrected chi connectivity index (χ2v) is 5.30. The lowest BCUT2D eigenvalue weighted by molar-refractivity contribution is 0.0593. The van der Waals surface area contributed by atoms with Gasteiger partial charge in [0.25, 0.3) is 0 Å². The number of likely N-dealkylation sites (tertiary alicyclic amines) is 1. The molecule has 0 saturated carbocycles. The summed E-state index contributed by atoms with van der Waals surface area (Å²) in [5.41, 5.74) is 7.27. The number of pyridine rings is 1. The van der Waals surface area contributed by atoms with Crippen molar-refractivity contribution in [2.24, 2.45) is 11.7 Å². The Hall–Kier alpha value is -1.46. The predicted octanol–water partition coefficient (Wildman–Crippen LogP) is 1.04. The van der Waals surface area contributed by atoms with Crippen molar-refractivity contribution >= 4 is 5.97 Å². The molecule has 0 aliphatic carbocycles. The first-order chi connectivity index (χ1) is 9.08. The Morgan fingerprint density at radius 1 is 1.53 bits per heavy atom. The van der Waals surface area contributed by atoms with Crippen LogP contribution in [0.15, 0.2) is 18.2 Å². The summed E-state index contributed by atoms with van der Waals surface area (Å²) in [5.74, 6) is 0.207. The maximum atomic E-state index is 11.4. The van der Waals surface area contributed by atoms with E-state index in [0.717, 1.165) is 31.7 Å². The Morgan fingerprint density at radius 3 is 3.00 bits per heavy atom. The third kappa shape index (κ3) is 3.75. The minimum atomic E-state index is -0.398. The van der Waals surface area contributed by atoms with Crippen LogP contribution in [-0.2, 0) is 11.3 Å². The van der Waals surface area contributed by atoms with Crippen molar-refractivity contribution in [2.45, 2.75) is 25.9 Å². The van der Waals surface area contributed by atoms with Crippen LogP contribution in [0, 0.1) is 5.92 Å². The number of ether oxygens (including phenoxy) is 1. The summed E-state index contributed by atoms with van der Waals surface area (Å²) in [4.78, 5) is 18.1. The van der Waals surface area contributed by atoms with Crippen LogP contribution < -0.4 is 5.73 Å². The molecule has 5 heteroatoms. The van der Waals surface area contributed by atoms with E-state index in [0.29, 0.717) is 11.6 Å². The highest BCUT2D eigenvalue weighted by atomic mass is 16.5. The van der Waals surface area contributed by atoms with Crippen molar-refractivity contribution in [1.82, 2.24) is 9.88 Å². The topological polar surface area (TPSA) is 68.5 Å². The van der Waals surface area contributed by atoms with Gasteiger partial charge in [0.2, 0.25) is 0 Å². The highest BCUT2D eigenvalue weighted by Gasteiger charge is 2.22. The van der Waals surface area contributed by atoms with Crippen molar-refractivity contribution < 1.29 is 9.53 Å². The summed E-state index contributed by atoms with van der Waals surface area (Å²) in [7, 11) is 1.36. The number of hydrogen-bond acceptors (Lipinski definition) is 5. The first-order valence-electron chi connectivity index (χ1n) is 6.60. The average molecular weight is 263 g/mol. The molecular weight excluding hydrogens is 242 g/mol. The zero-order valence-corrected chi connectivity index (χ0v) is 11.5. The Balaban J connectivity index is 2.04. The Kier molecular flexibility index (Phi) is 4.50. The van der Waals surface area contributed by atoms with Gasteiger partial charge in [-0.1, -0.05) is 13.0 Å². The summed E-state index contributed by atoms with van der Waals surface area (Å²) in [6, 6.07) is 5.66. The fraction of sp³-hybridized carbons (Fsp3) is 0.571. The second-order valence-electron chi connectivity index (χ2n) is 5.30. The summed E-state index contributed by atoms with van der Waals surface area (Å²) >= 11 is 0. The zero-order chi connectivity index (χ0) is 13.8. The van der Waals surface area contributed by atoms with Crippen LogP contribution in [0.1, 0.15) is 29.5 Å².